The summed E-state index contributed by atoms with van der Waals surface area (Å²) in [6.07, 6.45) is 6.36. The van der Waals surface area contributed by atoms with Gasteiger partial charge in [0.15, 0.2) is 0 Å². The zero-order valence-corrected chi connectivity index (χ0v) is 10.6. The van der Waals surface area contributed by atoms with Crippen LogP contribution in [0.5, 0.6) is 0 Å². The normalized spacial score (nSPS) is 17.9. The topological polar surface area (TPSA) is 44.1 Å². The molecule has 0 radical (unpaired) electrons. The molecule has 0 aromatic heterocycles. The highest BCUT2D eigenvalue weighted by molar-refractivity contribution is 5.84. The van der Waals surface area contributed by atoms with Crippen LogP contribution >= 0.6 is 0 Å². The van der Waals surface area contributed by atoms with E-state index in [1.165, 1.54) is 32.1 Å². The van der Waals surface area contributed by atoms with Crippen LogP contribution in [0.3, 0.4) is 0 Å². The molecule has 3 heteroatoms. The van der Waals surface area contributed by atoms with Crippen molar-refractivity contribution >= 4 is 5.91 Å². The van der Waals surface area contributed by atoms with E-state index in [1.54, 1.807) is 18.7 Å². The first-order valence-corrected chi connectivity index (χ1v) is 6.14. The first-order chi connectivity index (χ1) is 7.47. The number of carbonyl (C=O) groups excluding carboxylic acids is 1. The fourth-order valence-electron chi connectivity index (χ4n) is 2.36. The van der Waals surface area contributed by atoms with Gasteiger partial charge in [-0.2, -0.15) is 5.26 Å². The molecule has 1 aliphatic carbocycles. The monoisotopic (exact) mass is 222 g/mol. The highest BCUT2D eigenvalue weighted by atomic mass is 16.2. The average molecular weight is 222 g/mol. The van der Waals surface area contributed by atoms with Crippen molar-refractivity contribution in [1.29, 1.82) is 5.26 Å². The Kier molecular flexibility index (Phi) is 4.35. The highest BCUT2D eigenvalue weighted by Gasteiger charge is 2.31. The predicted octanol–water partition coefficient (Wildman–Crippen LogP) is 2.57. The SMILES string of the molecule is CN(CC1CCCCC1)C(=O)C(C)(C)C#N. The molecule has 0 spiro atoms. The summed E-state index contributed by atoms with van der Waals surface area (Å²) < 4.78 is 0. The van der Waals surface area contributed by atoms with Crippen molar-refractivity contribution < 1.29 is 4.79 Å². The number of nitrogens with zero attached hydrogens (tertiary/aromatic N) is 2. The summed E-state index contributed by atoms with van der Waals surface area (Å²) >= 11 is 0. The van der Waals surface area contributed by atoms with Gasteiger partial charge in [-0.05, 0) is 32.6 Å². The van der Waals surface area contributed by atoms with Crippen molar-refractivity contribution in [2.75, 3.05) is 13.6 Å². The van der Waals surface area contributed by atoms with E-state index in [0.717, 1.165) is 6.54 Å². The molecule has 0 atom stereocenters. The Hall–Kier alpha value is -1.04. The van der Waals surface area contributed by atoms with E-state index in [-0.39, 0.29) is 5.91 Å². The summed E-state index contributed by atoms with van der Waals surface area (Å²) in [5.74, 6) is 0.581. The lowest BCUT2D eigenvalue weighted by Gasteiger charge is -2.30. The van der Waals surface area contributed by atoms with Gasteiger partial charge >= 0.3 is 0 Å². The minimum Gasteiger partial charge on any atom is -0.344 e. The van der Waals surface area contributed by atoms with Gasteiger partial charge in [-0.25, -0.2) is 0 Å². The Labute approximate surface area is 98.4 Å². The molecular weight excluding hydrogens is 200 g/mol. The van der Waals surface area contributed by atoms with Gasteiger partial charge in [0.2, 0.25) is 5.91 Å². The first kappa shape index (κ1) is 13.0. The lowest BCUT2D eigenvalue weighted by atomic mass is 9.88. The predicted molar refractivity (Wildman–Crippen MR) is 63.6 cm³/mol. The molecule has 1 fully saturated rings. The third kappa shape index (κ3) is 3.23. The van der Waals surface area contributed by atoms with Crippen LogP contribution in [0.1, 0.15) is 46.0 Å². The van der Waals surface area contributed by atoms with Crippen molar-refractivity contribution in [3.63, 3.8) is 0 Å². The third-order valence-electron chi connectivity index (χ3n) is 3.42. The molecule has 0 saturated heterocycles. The molecule has 0 aromatic rings. The lowest BCUT2D eigenvalue weighted by molar-refractivity contribution is -0.136. The maximum atomic E-state index is 12.0. The van der Waals surface area contributed by atoms with Crippen molar-refractivity contribution in [3.8, 4) is 6.07 Å². The third-order valence-corrected chi connectivity index (χ3v) is 3.42. The van der Waals surface area contributed by atoms with Crippen LogP contribution in [-0.4, -0.2) is 24.4 Å². The molecule has 0 unspecified atom stereocenters. The van der Waals surface area contributed by atoms with Gasteiger partial charge in [-0.3, -0.25) is 4.79 Å². The van der Waals surface area contributed by atoms with Crippen molar-refractivity contribution in [3.05, 3.63) is 0 Å². The van der Waals surface area contributed by atoms with Crippen LogP contribution < -0.4 is 0 Å². The van der Waals surface area contributed by atoms with Crippen molar-refractivity contribution in [2.24, 2.45) is 11.3 Å². The summed E-state index contributed by atoms with van der Waals surface area (Å²) in [7, 11) is 1.82. The summed E-state index contributed by atoms with van der Waals surface area (Å²) in [4.78, 5) is 13.7. The van der Waals surface area contributed by atoms with Crippen LogP contribution in [0.25, 0.3) is 0 Å². The fourth-order valence-corrected chi connectivity index (χ4v) is 2.36. The van der Waals surface area contributed by atoms with Crippen LogP contribution in [-0.2, 0) is 4.79 Å². The Morgan fingerprint density at radius 2 is 1.94 bits per heavy atom. The van der Waals surface area contributed by atoms with E-state index in [9.17, 15) is 4.79 Å². The minimum atomic E-state index is -0.885. The summed E-state index contributed by atoms with van der Waals surface area (Å²) in [5, 5.41) is 8.92. The smallest absolute Gasteiger partial charge is 0.242 e. The van der Waals surface area contributed by atoms with Gasteiger partial charge in [0.25, 0.3) is 0 Å². The van der Waals surface area contributed by atoms with E-state index >= 15 is 0 Å². The Morgan fingerprint density at radius 3 is 2.44 bits per heavy atom. The second-order valence-corrected chi connectivity index (χ2v) is 5.43. The average Bonchev–Trinajstić information content (AvgIpc) is 2.29. The molecule has 1 aliphatic rings. The minimum absolute atomic E-state index is 0.0550. The second-order valence-electron chi connectivity index (χ2n) is 5.43. The molecule has 1 saturated carbocycles. The number of hydrogen-bond acceptors (Lipinski definition) is 2. The summed E-state index contributed by atoms with van der Waals surface area (Å²) in [5.41, 5.74) is -0.885. The molecular formula is C13H22N2O. The molecule has 0 aliphatic heterocycles. The van der Waals surface area contributed by atoms with Crippen molar-refractivity contribution in [1.82, 2.24) is 4.90 Å². The van der Waals surface area contributed by atoms with Gasteiger partial charge in [0, 0.05) is 13.6 Å². The van der Waals surface area contributed by atoms with E-state index < -0.39 is 5.41 Å². The van der Waals surface area contributed by atoms with Gasteiger partial charge in [-0.15, -0.1) is 0 Å². The molecule has 0 N–H and O–H groups in total. The zero-order chi connectivity index (χ0) is 12.2. The van der Waals surface area contributed by atoms with Gasteiger partial charge in [-0.1, -0.05) is 19.3 Å². The fraction of sp³-hybridized carbons (Fsp3) is 0.846. The van der Waals surface area contributed by atoms with Crippen LogP contribution in [0, 0.1) is 22.7 Å². The number of carbonyl (C=O) groups is 1. The summed E-state index contributed by atoms with van der Waals surface area (Å²) in [6, 6.07) is 2.07. The molecule has 16 heavy (non-hydrogen) atoms. The van der Waals surface area contributed by atoms with E-state index in [1.807, 2.05) is 7.05 Å². The van der Waals surface area contributed by atoms with Crippen LogP contribution in [0.15, 0.2) is 0 Å². The quantitative estimate of drug-likeness (QED) is 0.736. The van der Waals surface area contributed by atoms with E-state index in [0.29, 0.717) is 5.92 Å². The van der Waals surface area contributed by atoms with Gasteiger partial charge in [0.1, 0.15) is 5.41 Å². The first-order valence-electron chi connectivity index (χ1n) is 6.14. The summed E-state index contributed by atoms with van der Waals surface area (Å²) in [6.45, 7) is 4.18. The molecule has 90 valence electrons. The van der Waals surface area contributed by atoms with Gasteiger partial charge in [0.05, 0.1) is 6.07 Å². The van der Waals surface area contributed by atoms with E-state index in [2.05, 4.69) is 6.07 Å². The largest absolute Gasteiger partial charge is 0.344 e. The number of rotatable bonds is 3. The Morgan fingerprint density at radius 1 is 1.38 bits per heavy atom. The molecule has 0 heterocycles. The molecule has 0 aromatic carbocycles. The lowest BCUT2D eigenvalue weighted by Crippen LogP contribution is -2.40. The van der Waals surface area contributed by atoms with Gasteiger partial charge < -0.3 is 4.90 Å². The molecule has 0 bridgehead atoms. The van der Waals surface area contributed by atoms with Crippen molar-refractivity contribution in [2.45, 2.75) is 46.0 Å². The zero-order valence-electron chi connectivity index (χ0n) is 10.6. The maximum Gasteiger partial charge on any atom is 0.242 e. The molecule has 1 amide bonds. The number of hydrogen-bond donors (Lipinski definition) is 0. The molecule has 3 nitrogen and oxygen atoms in total. The standard InChI is InChI=1S/C13H22N2O/c1-13(2,10-14)12(16)15(3)9-11-7-5-4-6-8-11/h11H,4-9H2,1-3H3. The molecule has 1 rings (SSSR count). The number of nitriles is 1. The second kappa shape index (κ2) is 5.34. The Balaban J connectivity index is 2.48. The number of amides is 1. The Bertz CT molecular complexity index is 285. The maximum absolute atomic E-state index is 12.0. The highest BCUT2D eigenvalue weighted by Crippen LogP contribution is 2.25. The van der Waals surface area contributed by atoms with E-state index in [4.69, 9.17) is 5.26 Å². The van der Waals surface area contributed by atoms with Crippen LogP contribution in [0.2, 0.25) is 0 Å². The van der Waals surface area contributed by atoms with Crippen LogP contribution in [0.4, 0.5) is 0 Å².